The van der Waals surface area contributed by atoms with Crippen LogP contribution in [-0.2, 0) is 0 Å². The highest BCUT2D eigenvalue weighted by molar-refractivity contribution is 6.09. The van der Waals surface area contributed by atoms with Gasteiger partial charge in [-0.25, -0.2) is 13.2 Å². The van der Waals surface area contributed by atoms with Crippen LogP contribution >= 0.6 is 0 Å². The molecule has 0 saturated heterocycles. The van der Waals surface area contributed by atoms with Gasteiger partial charge < -0.3 is 0 Å². The first kappa shape index (κ1) is 13.2. The maximum absolute atomic E-state index is 13.6. The third-order valence-electron chi connectivity index (χ3n) is 2.63. The molecule has 0 unspecified atom stereocenters. The van der Waals surface area contributed by atoms with Crippen molar-refractivity contribution in [3.63, 3.8) is 0 Å². The Morgan fingerprint density at radius 3 is 2.37 bits per heavy atom. The molecule has 0 aliphatic heterocycles. The van der Waals surface area contributed by atoms with Gasteiger partial charge in [0, 0.05) is 5.56 Å². The fourth-order valence-electron chi connectivity index (χ4n) is 1.63. The Kier molecular flexibility index (Phi) is 3.33. The van der Waals surface area contributed by atoms with E-state index in [0.29, 0.717) is 17.5 Å². The fourth-order valence-corrected chi connectivity index (χ4v) is 1.63. The van der Waals surface area contributed by atoms with Gasteiger partial charge in [0.05, 0.1) is 17.0 Å². The van der Waals surface area contributed by atoms with E-state index < -0.39 is 28.8 Å². The maximum Gasteiger partial charge on any atom is 0.198 e. The zero-order valence-corrected chi connectivity index (χ0v) is 10.2. The second kappa shape index (κ2) is 4.79. The number of aryl methyl sites for hydroxylation is 2. The van der Waals surface area contributed by atoms with Crippen molar-refractivity contribution in [1.82, 2.24) is 10.2 Å². The van der Waals surface area contributed by atoms with Gasteiger partial charge in [-0.15, -0.1) is 0 Å². The summed E-state index contributed by atoms with van der Waals surface area (Å²) >= 11 is 0. The van der Waals surface area contributed by atoms with Gasteiger partial charge in [-0.05, 0) is 32.0 Å². The predicted molar refractivity (Wildman–Crippen MR) is 61.3 cm³/mol. The molecule has 0 aliphatic rings. The number of benzene rings is 1. The SMILES string of the molecule is Cc1cc(C(=O)c2ccc(F)c(F)c2F)c(C)nn1. The molecular weight excluding hydrogens is 257 g/mol. The van der Waals surface area contributed by atoms with Crippen molar-refractivity contribution in [2.75, 3.05) is 0 Å². The molecule has 3 nitrogen and oxygen atoms in total. The Hall–Kier alpha value is -2.24. The van der Waals surface area contributed by atoms with Crippen LogP contribution in [-0.4, -0.2) is 16.0 Å². The van der Waals surface area contributed by atoms with Gasteiger partial charge in [0.1, 0.15) is 0 Å². The van der Waals surface area contributed by atoms with Crippen LogP contribution in [0.25, 0.3) is 0 Å². The van der Waals surface area contributed by atoms with Crippen LogP contribution < -0.4 is 0 Å². The molecule has 0 atom stereocenters. The smallest absolute Gasteiger partial charge is 0.198 e. The number of ketones is 1. The van der Waals surface area contributed by atoms with Crippen molar-refractivity contribution in [1.29, 1.82) is 0 Å². The van der Waals surface area contributed by atoms with Gasteiger partial charge in [-0.1, -0.05) is 0 Å². The standard InChI is InChI=1S/C13H9F3N2O/c1-6-5-9(7(2)18-17-6)13(19)8-3-4-10(14)12(16)11(8)15/h3-5H,1-2H3. The molecule has 0 fully saturated rings. The summed E-state index contributed by atoms with van der Waals surface area (Å²) in [4.78, 5) is 12.1. The summed E-state index contributed by atoms with van der Waals surface area (Å²) in [6.07, 6.45) is 0. The van der Waals surface area contributed by atoms with Gasteiger partial charge in [0.25, 0.3) is 0 Å². The quantitative estimate of drug-likeness (QED) is 0.620. The van der Waals surface area contributed by atoms with Crippen LogP contribution in [0.1, 0.15) is 27.3 Å². The summed E-state index contributed by atoms with van der Waals surface area (Å²) in [5.74, 6) is -5.26. The van der Waals surface area contributed by atoms with Crippen LogP contribution in [0.4, 0.5) is 13.2 Å². The fraction of sp³-hybridized carbons (Fsp3) is 0.154. The zero-order chi connectivity index (χ0) is 14.2. The highest BCUT2D eigenvalue weighted by atomic mass is 19.2. The van der Waals surface area contributed by atoms with Crippen LogP contribution in [0.15, 0.2) is 18.2 Å². The topological polar surface area (TPSA) is 42.9 Å². The number of carbonyl (C=O) groups is 1. The Bertz CT molecular complexity index is 671. The Labute approximate surface area is 107 Å². The molecule has 2 rings (SSSR count). The summed E-state index contributed by atoms with van der Waals surface area (Å²) in [5, 5.41) is 7.47. The minimum Gasteiger partial charge on any atom is -0.288 e. The molecular formula is C13H9F3N2O. The number of rotatable bonds is 2. The van der Waals surface area contributed by atoms with Crippen LogP contribution in [0.2, 0.25) is 0 Å². The molecule has 6 heteroatoms. The summed E-state index contributed by atoms with van der Waals surface area (Å²) in [6.45, 7) is 3.14. The van der Waals surface area contributed by atoms with E-state index in [2.05, 4.69) is 10.2 Å². The molecule has 19 heavy (non-hydrogen) atoms. The number of hydrogen-bond donors (Lipinski definition) is 0. The van der Waals surface area contributed by atoms with Crippen molar-refractivity contribution in [3.05, 3.63) is 58.2 Å². The van der Waals surface area contributed by atoms with Crippen molar-refractivity contribution in [2.45, 2.75) is 13.8 Å². The molecule has 98 valence electrons. The number of hydrogen-bond acceptors (Lipinski definition) is 3. The molecule has 0 saturated carbocycles. The van der Waals surface area contributed by atoms with E-state index in [-0.39, 0.29) is 5.56 Å². The highest BCUT2D eigenvalue weighted by Gasteiger charge is 2.21. The van der Waals surface area contributed by atoms with Gasteiger partial charge in [-0.3, -0.25) is 4.79 Å². The van der Waals surface area contributed by atoms with Crippen molar-refractivity contribution < 1.29 is 18.0 Å². The van der Waals surface area contributed by atoms with E-state index in [1.54, 1.807) is 6.92 Å². The Balaban J connectivity index is 2.56. The number of carbonyl (C=O) groups excluding carboxylic acids is 1. The lowest BCUT2D eigenvalue weighted by Gasteiger charge is -2.06. The molecule has 0 N–H and O–H groups in total. The normalized spacial score (nSPS) is 10.6. The molecule has 0 radical (unpaired) electrons. The van der Waals surface area contributed by atoms with E-state index in [9.17, 15) is 18.0 Å². The third kappa shape index (κ3) is 2.33. The van der Waals surface area contributed by atoms with Crippen LogP contribution in [0, 0.1) is 31.3 Å². The summed E-state index contributed by atoms with van der Waals surface area (Å²) in [5.41, 5.74) is 0.337. The number of halogens is 3. The second-order valence-corrected chi connectivity index (χ2v) is 4.04. The summed E-state index contributed by atoms with van der Waals surface area (Å²) in [7, 11) is 0. The molecule has 1 aromatic heterocycles. The van der Waals surface area contributed by atoms with Gasteiger partial charge >= 0.3 is 0 Å². The van der Waals surface area contributed by atoms with E-state index in [1.807, 2.05) is 0 Å². The van der Waals surface area contributed by atoms with E-state index >= 15 is 0 Å². The molecule has 0 spiro atoms. The van der Waals surface area contributed by atoms with Crippen molar-refractivity contribution in [2.24, 2.45) is 0 Å². The Morgan fingerprint density at radius 1 is 1.00 bits per heavy atom. The average molecular weight is 266 g/mol. The molecule has 0 bridgehead atoms. The van der Waals surface area contributed by atoms with Gasteiger partial charge in [0.15, 0.2) is 23.2 Å². The molecule has 0 aliphatic carbocycles. The zero-order valence-electron chi connectivity index (χ0n) is 10.2. The van der Waals surface area contributed by atoms with E-state index in [1.165, 1.54) is 13.0 Å². The third-order valence-corrected chi connectivity index (χ3v) is 2.63. The molecule has 1 heterocycles. The van der Waals surface area contributed by atoms with Crippen LogP contribution in [0.5, 0.6) is 0 Å². The average Bonchev–Trinajstić information content (AvgIpc) is 2.38. The van der Waals surface area contributed by atoms with E-state index in [4.69, 9.17) is 0 Å². The molecule has 2 aromatic rings. The van der Waals surface area contributed by atoms with Crippen molar-refractivity contribution in [3.8, 4) is 0 Å². The monoisotopic (exact) mass is 266 g/mol. The summed E-state index contributed by atoms with van der Waals surface area (Å²) in [6, 6.07) is 3.04. The first-order valence-corrected chi connectivity index (χ1v) is 5.41. The first-order chi connectivity index (χ1) is 8.91. The largest absolute Gasteiger partial charge is 0.288 e. The van der Waals surface area contributed by atoms with Crippen LogP contribution in [0.3, 0.4) is 0 Å². The first-order valence-electron chi connectivity index (χ1n) is 5.41. The van der Waals surface area contributed by atoms with Gasteiger partial charge in [-0.2, -0.15) is 10.2 Å². The predicted octanol–water partition coefficient (Wildman–Crippen LogP) is 2.74. The van der Waals surface area contributed by atoms with Gasteiger partial charge in [0.2, 0.25) is 0 Å². The minimum absolute atomic E-state index is 0.109. The van der Waals surface area contributed by atoms with Crippen molar-refractivity contribution >= 4 is 5.78 Å². The Morgan fingerprint density at radius 2 is 1.68 bits per heavy atom. The maximum atomic E-state index is 13.6. The number of aromatic nitrogens is 2. The minimum atomic E-state index is -1.66. The second-order valence-electron chi connectivity index (χ2n) is 4.04. The lowest BCUT2D eigenvalue weighted by atomic mass is 10.0. The van der Waals surface area contributed by atoms with E-state index in [0.717, 1.165) is 6.07 Å². The highest BCUT2D eigenvalue weighted by Crippen LogP contribution is 2.19. The lowest BCUT2D eigenvalue weighted by molar-refractivity contribution is 0.103. The molecule has 1 aromatic carbocycles. The lowest BCUT2D eigenvalue weighted by Crippen LogP contribution is -2.10. The molecule has 0 amide bonds. The summed E-state index contributed by atoms with van der Waals surface area (Å²) < 4.78 is 39.5. The number of nitrogens with zero attached hydrogens (tertiary/aromatic N) is 2.